The molecular formula is C12H21ClN2OS. The lowest BCUT2D eigenvalue weighted by atomic mass is 10.2. The third kappa shape index (κ3) is 8.18. The van der Waals surface area contributed by atoms with Crippen molar-refractivity contribution in [2.24, 2.45) is 0 Å². The van der Waals surface area contributed by atoms with E-state index in [2.05, 4.69) is 35.1 Å². The summed E-state index contributed by atoms with van der Waals surface area (Å²) in [4.78, 5) is 12.8. The lowest BCUT2D eigenvalue weighted by molar-refractivity contribution is -0.121. The van der Waals surface area contributed by atoms with Crippen molar-refractivity contribution in [2.75, 3.05) is 19.6 Å². The van der Waals surface area contributed by atoms with Crippen LogP contribution in [0, 0.1) is 0 Å². The van der Waals surface area contributed by atoms with Gasteiger partial charge in [-0.2, -0.15) is 0 Å². The van der Waals surface area contributed by atoms with Gasteiger partial charge < -0.3 is 10.6 Å². The zero-order valence-electron chi connectivity index (χ0n) is 10.2. The van der Waals surface area contributed by atoms with Crippen LogP contribution in [0.3, 0.4) is 0 Å². The van der Waals surface area contributed by atoms with Crippen molar-refractivity contribution in [1.82, 2.24) is 10.6 Å². The molecule has 1 amide bonds. The standard InChI is InChI=1S/C12H20N2OS.ClH/c1-2-13-8-9-14-12(15)7-3-5-11-6-4-10-16-11;/h4,6,10,13H,2-3,5,7-9H2,1H3,(H,14,15);1H. The second-order valence-electron chi connectivity index (χ2n) is 3.64. The summed E-state index contributed by atoms with van der Waals surface area (Å²) in [5.41, 5.74) is 0. The van der Waals surface area contributed by atoms with E-state index >= 15 is 0 Å². The Balaban J connectivity index is 0.00000256. The van der Waals surface area contributed by atoms with Crippen LogP contribution in [0.5, 0.6) is 0 Å². The largest absolute Gasteiger partial charge is 0.355 e. The SMILES string of the molecule is CCNCCNC(=O)CCCc1cccs1.Cl. The highest BCUT2D eigenvalue weighted by molar-refractivity contribution is 7.09. The van der Waals surface area contributed by atoms with Gasteiger partial charge in [-0.05, 0) is 30.8 Å². The van der Waals surface area contributed by atoms with E-state index < -0.39 is 0 Å². The van der Waals surface area contributed by atoms with Gasteiger partial charge in [-0.1, -0.05) is 13.0 Å². The fourth-order valence-corrected chi connectivity index (χ4v) is 2.18. The zero-order valence-corrected chi connectivity index (χ0v) is 11.8. The fourth-order valence-electron chi connectivity index (χ4n) is 1.43. The Morgan fingerprint density at radius 3 is 2.88 bits per heavy atom. The first kappa shape index (κ1) is 16.4. The number of aryl methyl sites for hydroxylation is 1. The van der Waals surface area contributed by atoms with Gasteiger partial charge in [-0.3, -0.25) is 4.79 Å². The van der Waals surface area contributed by atoms with Crippen LogP contribution < -0.4 is 10.6 Å². The summed E-state index contributed by atoms with van der Waals surface area (Å²) in [6, 6.07) is 4.17. The summed E-state index contributed by atoms with van der Waals surface area (Å²) in [5.74, 6) is 0.162. The third-order valence-corrected chi connectivity index (χ3v) is 3.22. The van der Waals surface area contributed by atoms with Crippen molar-refractivity contribution in [3.05, 3.63) is 22.4 Å². The van der Waals surface area contributed by atoms with E-state index in [1.165, 1.54) is 4.88 Å². The quantitative estimate of drug-likeness (QED) is 0.715. The molecule has 1 aromatic rings. The van der Waals surface area contributed by atoms with Crippen molar-refractivity contribution >= 4 is 29.7 Å². The van der Waals surface area contributed by atoms with Crippen LogP contribution in [0.4, 0.5) is 0 Å². The molecule has 0 spiro atoms. The first-order valence-corrected chi connectivity index (χ1v) is 6.70. The van der Waals surface area contributed by atoms with E-state index in [-0.39, 0.29) is 18.3 Å². The molecule has 0 aliphatic heterocycles. The van der Waals surface area contributed by atoms with Crippen LogP contribution in [0.2, 0.25) is 0 Å². The highest BCUT2D eigenvalue weighted by Crippen LogP contribution is 2.11. The minimum Gasteiger partial charge on any atom is -0.355 e. The molecule has 0 aliphatic rings. The first-order chi connectivity index (χ1) is 7.83. The van der Waals surface area contributed by atoms with Gasteiger partial charge in [0.2, 0.25) is 5.91 Å². The summed E-state index contributed by atoms with van der Waals surface area (Å²) < 4.78 is 0. The maximum atomic E-state index is 11.4. The first-order valence-electron chi connectivity index (χ1n) is 5.82. The van der Waals surface area contributed by atoms with Gasteiger partial charge in [-0.25, -0.2) is 0 Å². The van der Waals surface area contributed by atoms with Gasteiger partial charge in [0.05, 0.1) is 0 Å². The maximum Gasteiger partial charge on any atom is 0.220 e. The smallest absolute Gasteiger partial charge is 0.220 e. The van der Waals surface area contributed by atoms with Gasteiger partial charge in [0, 0.05) is 24.4 Å². The van der Waals surface area contributed by atoms with E-state index in [0.717, 1.165) is 32.5 Å². The Hall–Kier alpha value is -0.580. The monoisotopic (exact) mass is 276 g/mol. The van der Waals surface area contributed by atoms with Crippen molar-refractivity contribution in [1.29, 1.82) is 0 Å². The predicted octanol–water partition coefficient (Wildman–Crippen LogP) is 2.22. The van der Waals surface area contributed by atoms with Crippen LogP contribution in [-0.2, 0) is 11.2 Å². The second kappa shape index (κ2) is 10.6. The lowest BCUT2D eigenvalue weighted by Crippen LogP contribution is -2.31. The number of halogens is 1. The molecule has 5 heteroatoms. The topological polar surface area (TPSA) is 41.1 Å². The highest BCUT2D eigenvalue weighted by atomic mass is 35.5. The maximum absolute atomic E-state index is 11.4. The minimum absolute atomic E-state index is 0. The molecule has 17 heavy (non-hydrogen) atoms. The molecule has 1 aromatic heterocycles. The molecule has 0 aliphatic carbocycles. The summed E-state index contributed by atoms with van der Waals surface area (Å²) in [7, 11) is 0. The molecule has 1 heterocycles. The van der Waals surface area contributed by atoms with E-state index in [9.17, 15) is 4.79 Å². The van der Waals surface area contributed by atoms with Crippen LogP contribution in [-0.4, -0.2) is 25.5 Å². The lowest BCUT2D eigenvalue weighted by Gasteiger charge is -2.04. The Kier molecular flexibility index (Phi) is 10.2. The van der Waals surface area contributed by atoms with E-state index in [1.807, 2.05) is 0 Å². The van der Waals surface area contributed by atoms with E-state index in [4.69, 9.17) is 0 Å². The van der Waals surface area contributed by atoms with Crippen molar-refractivity contribution in [3.8, 4) is 0 Å². The van der Waals surface area contributed by atoms with Gasteiger partial charge in [0.15, 0.2) is 0 Å². The van der Waals surface area contributed by atoms with E-state index in [1.54, 1.807) is 11.3 Å². The highest BCUT2D eigenvalue weighted by Gasteiger charge is 2.01. The Morgan fingerprint density at radius 2 is 2.24 bits per heavy atom. The summed E-state index contributed by atoms with van der Waals surface area (Å²) in [6.45, 7) is 4.59. The zero-order chi connectivity index (χ0) is 11.6. The molecule has 98 valence electrons. The van der Waals surface area contributed by atoms with Gasteiger partial charge >= 0.3 is 0 Å². The normalized spacial score (nSPS) is 9.71. The number of likely N-dealkylation sites (N-methyl/N-ethyl adjacent to an activating group) is 1. The van der Waals surface area contributed by atoms with Gasteiger partial charge in [0.1, 0.15) is 0 Å². The summed E-state index contributed by atoms with van der Waals surface area (Å²) in [5, 5.41) is 8.14. The fraction of sp³-hybridized carbons (Fsp3) is 0.583. The Bertz CT molecular complexity index is 291. The number of nitrogens with one attached hydrogen (secondary N) is 2. The van der Waals surface area contributed by atoms with Crippen molar-refractivity contribution in [3.63, 3.8) is 0 Å². The molecule has 0 fully saturated rings. The molecule has 2 N–H and O–H groups in total. The molecular weight excluding hydrogens is 256 g/mol. The molecule has 0 unspecified atom stereocenters. The van der Waals surface area contributed by atoms with E-state index in [0.29, 0.717) is 6.42 Å². The molecule has 1 rings (SSSR count). The number of hydrogen-bond acceptors (Lipinski definition) is 3. The minimum atomic E-state index is 0. The number of amides is 1. The number of carbonyl (C=O) groups excluding carboxylic acids is 1. The average molecular weight is 277 g/mol. The van der Waals surface area contributed by atoms with Crippen LogP contribution >= 0.6 is 23.7 Å². The van der Waals surface area contributed by atoms with Crippen LogP contribution in [0.25, 0.3) is 0 Å². The predicted molar refractivity (Wildman–Crippen MR) is 76.1 cm³/mol. The molecule has 0 bridgehead atoms. The van der Waals surface area contributed by atoms with Crippen LogP contribution in [0.1, 0.15) is 24.6 Å². The summed E-state index contributed by atoms with van der Waals surface area (Å²) >= 11 is 1.76. The second-order valence-corrected chi connectivity index (χ2v) is 4.67. The molecule has 0 atom stereocenters. The molecule has 3 nitrogen and oxygen atoms in total. The van der Waals surface area contributed by atoms with Crippen molar-refractivity contribution < 1.29 is 4.79 Å². The molecule has 0 saturated carbocycles. The van der Waals surface area contributed by atoms with Gasteiger partial charge in [-0.15, -0.1) is 23.7 Å². The number of rotatable bonds is 8. The Labute approximate surface area is 113 Å². The summed E-state index contributed by atoms with van der Waals surface area (Å²) in [6.07, 6.45) is 2.58. The Morgan fingerprint density at radius 1 is 1.41 bits per heavy atom. The molecule has 0 aromatic carbocycles. The number of carbonyl (C=O) groups is 1. The molecule has 0 saturated heterocycles. The number of thiophene rings is 1. The van der Waals surface area contributed by atoms with Gasteiger partial charge in [0.25, 0.3) is 0 Å². The van der Waals surface area contributed by atoms with Crippen LogP contribution in [0.15, 0.2) is 17.5 Å². The third-order valence-electron chi connectivity index (χ3n) is 2.28. The molecule has 0 radical (unpaired) electrons. The van der Waals surface area contributed by atoms with Crippen molar-refractivity contribution in [2.45, 2.75) is 26.2 Å². The average Bonchev–Trinajstić information content (AvgIpc) is 2.77. The number of hydrogen-bond donors (Lipinski definition) is 2.